The van der Waals surface area contributed by atoms with Crippen LogP contribution >= 0.6 is 0 Å². The second kappa shape index (κ2) is 6.20. The number of nitrogens with one attached hydrogen (secondary N) is 1. The molecule has 1 fully saturated rings. The lowest BCUT2D eigenvalue weighted by Gasteiger charge is -2.33. The van der Waals surface area contributed by atoms with Gasteiger partial charge in [-0.1, -0.05) is 35.5 Å². The van der Waals surface area contributed by atoms with E-state index in [2.05, 4.69) is 45.7 Å². The highest BCUT2D eigenvalue weighted by Gasteiger charge is 2.20. The fraction of sp³-hybridized carbons (Fsp3) is 0.438. The molecule has 0 radical (unpaired) electrons. The first kappa shape index (κ1) is 13.3. The molecule has 1 unspecified atom stereocenters. The number of aryl methyl sites for hydroxylation is 1. The van der Waals surface area contributed by atoms with Crippen LogP contribution in [0.1, 0.15) is 17.0 Å². The summed E-state index contributed by atoms with van der Waals surface area (Å²) in [6, 6.07) is 13.2. The molecule has 0 spiro atoms. The molecule has 0 aliphatic carbocycles. The average molecular weight is 271 g/mol. The van der Waals surface area contributed by atoms with Crippen molar-refractivity contribution < 1.29 is 4.52 Å². The summed E-state index contributed by atoms with van der Waals surface area (Å²) in [6.07, 6.45) is 1.08. The maximum atomic E-state index is 5.14. The molecule has 0 saturated carbocycles. The second-order valence-electron chi connectivity index (χ2n) is 5.50. The molecular formula is C16H21N3O. The van der Waals surface area contributed by atoms with Crippen LogP contribution in [0.3, 0.4) is 0 Å². The topological polar surface area (TPSA) is 41.3 Å². The molecule has 1 saturated heterocycles. The van der Waals surface area contributed by atoms with Gasteiger partial charge in [0.25, 0.3) is 0 Å². The zero-order valence-electron chi connectivity index (χ0n) is 11.9. The van der Waals surface area contributed by atoms with Crippen LogP contribution in [0.2, 0.25) is 0 Å². The highest BCUT2D eigenvalue weighted by molar-refractivity contribution is 5.16. The molecular weight excluding hydrogens is 250 g/mol. The van der Waals surface area contributed by atoms with Gasteiger partial charge in [-0.05, 0) is 18.9 Å². The SMILES string of the molecule is Cc1cc(CN2CCNC(Cc3ccccc3)C2)no1. The minimum atomic E-state index is 0.513. The van der Waals surface area contributed by atoms with Crippen LogP contribution in [-0.2, 0) is 13.0 Å². The molecule has 3 rings (SSSR count). The summed E-state index contributed by atoms with van der Waals surface area (Å²) in [7, 11) is 0. The van der Waals surface area contributed by atoms with Crippen LogP contribution in [0.15, 0.2) is 40.9 Å². The molecule has 1 aliphatic rings. The number of piperazine rings is 1. The fourth-order valence-electron chi connectivity index (χ4n) is 2.79. The molecule has 4 heteroatoms. The normalized spacial score (nSPS) is 20.1. The van der Waals surface area contributed by atoms with Crippen molar-refractivity contribution in [2.75, 3.05) is 19.6 Å². The number of hydrogen-bond donors (Lipinski definition) is 1. The number of aromatic nitrogens is 1. The lowest BCUT2D eigenvalue weighted by Crippen LogP contribution is -2.51. The van der Waals surface area contributed by atoms with Crippen LogP contribution in [0.25, 0.3) is 0 Å². The van der Waals surface area contributed by atoms with Crippen molar-refractivity contribution in [1.82, 2.24) is 15.4 Å². The van der Waals surface area contributed by atoms with Crippen LogP contribution in [-0.4, -0.2) is 35.7 Å². The maximum Gasteiger partial charge on any atom is 0.133 e. The van der Waals surface area contributed by atoms with Gasteiger partial charge in [0.2, 0.25) is 0 Å². The van der Waals surface area contributed by atoms with E-state index in [1.807, 2.05) is 13.0 Å². The Balaban J connectivity index is 1.56. The number of nitrogens with zero attached hydrogens (tertiary/aromatic N) is 2. The zero-order chi connectivity index (χ0) is 13.8. The van der Waals surface area contributed by atoms with E-state index in [9.17, 15) is 0 Å². The van der Waals surface area contributed by atoms with Gasteiger partial charge in [0.05, 0.1) is 5.69 Å². The number of hydrogen-bond acceptors (Lipinski definition) is 4. The van der Waals surface area contributed by atoms with Crippen molar-refractivity contribution in [1.29, 1.82) is 0 Å². The Morgan fingerprint density at radius 2 is 2.20 bits per heavy atom. The Labute approximate surface area is 119 Å². The summed E-state index contributed by atoms with van der Waals surface area (Å²) in [6.45, 7) is 5.98. The van der Waals surface area contributed by atoms with E-state index in [4.69, 9.17) is 4.52 Å². The summed E-state index contributed by atoms with van der Waals surface area (Å²) >= 11 is 0. The van der Waals surface area contributed by atoms with Gasteiger partial charge in [0.1, 0.15) is 5.76 Å². The smallest absolute Gasteiger partial charge is 0.133 e. The van der Waals surface area contributed by atoms with Crippen molar-refractivity contribution >= 4 is 0 Å². The molecule has 1 N–H and O–H groups in total. The molecule has 0 bridgehead atoms. The van der Waals surface area contributed by atoms with Gasteiger partial charge in [-0.2, -0.15) is 0 Å². The maximum absolute atomic E-state index is 5.14. The Kier molecular flexibility index (Phi) is 4.14. The first-order valence-electron chi connectivity index (χ1n) is 7.21. The van der Waals surface area contributed by atoms with Crippen molar-refractivity contribution in [3.05, 3.63) is 53.4 Å². The molecule has 0 amide bonds. The third kappa shape index (κ3) is 3.46. The van der Waals surface area contributed by atoms with E-state index in [1.54, 1.807) is 0 Å². The first-order valence-corrected chi connectivity index (χ1v) is 7.21. The van der Waals surface area contributed by atoms with Crippen molar-refractivity contribution in [2.45, 2.75) is 25.9 Å². The average Bonchev–Trinajstić information content (AvgIpc) is 2.86. The summed E-state index contributed by atoms with van der Waals surface area (Å²) in [5, 5.41) is 7.68. The Hall–Kier alpha value is -1.65. The van der Waals surface area contributed by atoms with E-state index in [-0.39, 0.29) is 0 Å². The lowest BCUT2D eigenvalue weighted by atomic mass is 10.0. The largest absolute Gasteiger partial charge is 0.361 e. The Morgan fingerprint density at radius 3 is 2.95 bits per heavy atom. The second-order valence-corrected chi connectivity index (χ2v) is 5.50. The third-order valence-electron chi connectivity index (χ3n) is 3.73. The molecule has 106 valence electrons. The molecule has 1 aliphatic heterocycles. The minimum Gasteiger partial charge on any atom is -0.361 e. The van der Waals surface area contributed by atoms with Crippen LogP contribution < -0.4 is 5.32 Å². The van der Waals surface area contributed by atoms with Crippen LogP contribution in [0, 0.1) is 6.92 Å². The summed E-state index contributed by atoms with van der Waals surface area (Å²) in [5.41, 5.74) is 2.42. The van der Waals surface area contributed by atoms with Crippen molar-refractivity contribution in [3.63, 3.8) is 0 Å². The van der Waals surface area contributed by atoms with E-state index < -0.39 is 0 Å². The minimum absolute atomic E-state index is 0.513. The van der Waals surface area contributed by atoms with Crippen LogP contribution in [0.4, 0.5) is 0 Å². The predicted molar refractivity (Wildman–Crippen MR) is 78.5 cm³/mol. The number of rotatable bonds is 4. The highest BCUT2D eigenvalue weighted by atomic mass is 16.5. The number of benzene rings is 1. The van der Waals surface area contributed by atoms with E-state index in [1.165, 1.54) is 5.56 Å². The molecule has 2 heterocycles. The van der Waals surface area contributed by atoms with Crippen molar-refractivity contribution in [2.24, 2.45) is 0 Å². The first-order chi connectivity index (χ1) is 9.79. The molecule has 20 heavy (non-hydrogen) atoms. The highest BCUT2D eigenvalue weighted by Crippen LogP contribution is 2.11. The van der Waals surface area contributed by atoms with Gasteiger partial charge in [0.15, 0.2) is 0 Å². The van der Waals surface area contributed by atoms with Gasteiger partial charge in [-0.15, -0.1) is 0 Å². The van der Waals surface area contributed by atoms with Gasteiger partial charge < -0.3 is 9.84 Å². The van der Waals surface area contributed by atoms with E-state index in [0.717, 1.165) is 44.1 Å². The Bertz CT molecular complexity index is 538. The summed E-state index contributed by atoms with van der Waals surface area (Å²) in [5.74, 6) is 0.885. The molecule has 1 aromatic heterocycles. The molecule has 2 aromatic rings. The van der Waals surface area contributed by atoms with E-state index in [0.29, 0.717) is 6.04 Å². The monoisotopic (exact) mass is 271 g/mol. The lowest BCUT2D eigenvalue weighted by molar-refractivity contribution is 0.187. The third-order valence-corrected chi connectivity index (χ3v) is 3.73. The molecule has 1 atom stereocenters. The van der Waals surface area contributed by atoms with Gasteiger partial charge in [0, 0.05) is 38.3 Å². The zero-order valence-corrected chi connectivity index (χ0v) is 11.9. The summed E-state index contributed by atoms with van der Waals surface area (Å²) < 4.78 is 5.14. The molecule has 1 aromatic carbocycles. The fourth-order valence-corrected chi connectivity index (χ4v) is 2.79. The van der Waals surface area contributed by atoms with Gasteiger partial charge in [-0.25, -0.2) is 0 Å². The van der Waals surface area contributed by atoms with Gasteiger partial charge in [-0.3, -0.25) is 4.90 Å². The quantitative estimate of drug-likeness (QED) is 0.923. The summed E-state index contributed by atoms with van der Waals surface area (Å²) in [4.78, 5) is 2.45. The predicted octanol–water partition coefficient (Wildman–Crippen LogP) is 2.00. The van der Waals surface area contributed by atoms with E-state index >= 15 is 0 Å². The standard InChI is InChI=1S/C16H21N3O/c1-13-9-16(18-20-13)12-19-8-7-17-15(11-19)10-14-5-3-2-4-6-14/h2-6,9,15,17H,7-8,10-12H2,1H3. The van der Waals surface area contributed by atoms with Gasteiger partial charge >= 0.3 is 0 Å². The van der Waals surface area contributed by atoms with Crippen molar-refractivity contribution in [3.8, 4) is 0 Å². The molecule has 4 nitrogen and oxygen atoms in total. The Morgan fingerprint density at radius 1 is 1.35 bits per heavy atom. The van der Waals surface area contributed by atoms with Crippen LogP contribution in [0.5, 0.6) is 0 Å².